The van der Waals surface area contributed by atoms with Gasteiger partial charge in [-0.25, -0.2) is 8.78 Å². The summed E-state index contributed by atoms with van der Waals surface area (Å²) in [7, 11) is 1.57. The first-order valence-electron chi connectivity index (χ1n) is 5.04. The molecule has 1 aromatic carbocycles. The third kappa shape index (κ3) is 2.47. The first-order valence-corrected chi connectivity index (χ1v) is 5.04. The molecule has 4 nitrogen and oxygen atoms in total. The summed E-state index contributed by atoms with van der Waals surface area (Å²) in [5, 5.41) is 7.54. The molecule has 0 atom stereocenters. The molecule has 0 aliphatic heterocycles. The SMILES string of the molecule is COCCn1cnnc1-c1ccc(F)cc1F. The standard InChI is InChI=1S/C11H11F2N3O/c1-17-5-4-16-7-14-15-11(16)9-3-2-8(12)6-10(9)13/h2-3,6-7H,4-5H2,1H3. The second kappa shape index (κ2) is 5.01. The second-order valence-corrected chi connectivity index (χ2v) is 3.46. The topological polar surface area (TPSA) is 39.9 Å². The van der Waals surface area contributed by atoms with Crippen molar-refractivity contribution in [3.8, 4) is 11.4 Å². The molecule has 6 heteroatoms. The zero-order valence-corrected chi connectivity index (χ0v) is 9.23. The molecule has 0 saturated carbocycles. The lowest BCUT2D eigenvalue weighted by Crippen LogP contribution is -2.05. The molecule has 2 aromatic rings. The van der Waals surface area contributed by atoms with Gasteiger partial charge in [-0.3, -0.25) is 0 Å². The molecule has 0 amide bonds. The Hall–Kier alpha value is -1.82. The maximum Gasteiger partial charge on any atom is 0.166 e. The average molecular weight is 239 g/mol. The summed E-state index contributed by atoms with van der Waals surface area (Å²) in [6.45, 7) is 0.976. The van der Waals surface area contributed by atoms with Crippen molar-refractivity contribution in [2.24, 2.45) is 0 Å². The van der Waals surface area contributed by atoms with Crippen LogP contribution in [0.25, 0.3) is 11.4 Å². The van der Waals surface area contributed by atoms with Gasteiger partial charge < -0.3 is 9.30 Å². The van der Waals surface area contributed by atoms with E-state index < -0.39 is 11.6 Å². The van der Waals surface area contributed by atoms with Crippen LogP contribution >= 0.6 is 0 Å². The number of ether oxygens (including phenoxy) is 1. The minimum absolute atomic E-state index is 0.222. The van der Waals surface area contributed by atoms with Crippen LogP contribution in [0.3, 0.4) is 0 Å². The minimum Gasteiger partial charge on any atom is -0.383 e. The summed E-state index contributed by atoms with van der Waals surface area (Å²) in [5.74, 6) is -0.912. The Bertz CT molecular complexity index is 513. The van der Waals surface area contributed by atoms with E-state index in [2.05, 4.69) is 10.2 Å². The third-order valence-corrected chi connectivity index (χ3v) is 2.32. The van der Waals surface area contributed by atoms with Gasteiger partial charge >= 0.3 is 0 Å². The molecule has 1 aromatic heterocycles. The summed E-state index contributed by atoms with van der Waals surface area (Å²) in [6, 6.07) is 3.36. The molecule has 90 valence electrons. The lowest BCUT2D eigenvalue weighted by atomic mass is 10.2. The van der Waals surface area contributed by atoms with E-state index in [1.807, 2.05) is 0 Å². The predicted molar refractivity (Wildman–Crippen MR) is 57.3 cm³/mol. The smallest absolute Gasteiger partial charge is 0.166 e. The van der Waals surface area contributed by atoms with Gasteiger partial charge in [-0.15, -0.1) is 10.2 Å². The normalized spacial score (nSPS) is 10.8. The zero-order chi connectivity index (χ0) is 12.3. The molecule has 17 heavy (non-hydrogen) atoms. The number of hydrogen-bond donors (Lipinski definition) is 0. The Labute approximate surface area is 96.9 Å². The Morgan fingerprint density at radius 3 is 2.88 bits per heavy atom. The maximum atomic E-state index is 13.6. The van der Waals surface area contributed by atoms with Crippen molar-refractivity contribution in [2.45, 2.75) is 6.54 Å². The number of hydrogen-bond acceptors (Lipinski definition) is 3. The van der Waals surface area contributed by atoms with Crippen molar-refractivity contribution >= 4 is 0 Å². The third-order valence-electron chi connectivity index (χ3n) is 2.32. The number of methoxy groups -OCH3 is 1. The Morgan fingerprint density at radius 2 is 2.18 bits per heavy atom. The molecule has 0 radical (unpaired) electrons. The van der Waals surface area contributed by atoms with Crippen LogP contribution in [0.4, 0.5) is 8.78 Å². The fourth-order valence-electron chi connectivity index (χ4n) is 1.49. The van der Waals surface area contributed by atoms with Crippen LogP contribution in [0.1, 0.15) is 0 Å². The number of benzene rings is 1. The van der Waals surface area contributed by atoms with Crippen molar-refractivity contribution in [2.75, 3.05) is 13.7 Å². The fourth-order valence-corrected chi connectivity index (χ4v) is 1.49. The fraction of sp³-hybridized carbons (Fsp3) is 0.273. The Morgan fingerprint density at radius 1 is 1.35 bits per heavy atom. The highest BCUT2D eigenvalue weighted by Gasteiger charge is 2.12. The van der Waals surface area contributed by atoms with E-state index in [1.54, 1.807) is 11.7 Å². The van der Waals surface area contributed by atoms with E-state index in [0.29, 0.717) is 19.0 Å². The molecule has 0 fully saturated rings. The molecular weight excluding hydrogens is 228 g/mol. The van der Waals surface area contributed by atoms with Crippen LogP contribution in [0.15, 0.2) is 24.5 Å². The number of rotatable bonds is 4. The van der Waals surface area contributed by atoms with Crippen LogP contribution in [0.2, 0.25) is 0 Å². The molecule has 0 aliphatic carbocycles. The lowest BCUT2D eigenvalue weighted by Gasteiger charge is -2.06. The average Bonchev–Trinajstić information content (AvgIpc) is 2.74. The maximum absolute atomic E-state index is 13.6. The van der Waals surface area contributed by atoms with Gasteiger partial charge in [0.2, 0.25) is 0 Å². The van der Waals surface area contributed by atoms with Gasteiger partial charge in [0.05, 0.1) is 12.2 Å². The van der Waals surface area contributed by atoms with Crippen molar-refractivity contribution in [3.63, 3.8) is 0 Å². The first-order chi connectivity index (χ1) is 8.22. The quantitative estimate of drug-likeness (QED) is 0.817. The summed E-state index contributed by atoms with van der Waals surface area (Å²) in [6.07, 6.45) is 1.48. The summed E-state index contributed by atoms with van der Waals surface area (Å²) in [5.41, 5.74) is 0.222. The van der Waals surface area contributed by atoms with Crippen molar-refractivity contribution < 1.29 is 13.5 Å². The molecule has 0 saturated heterocycles. The van der Waals surface area contributed by atoms with Crippen LogP contribution in [0.5, 0.6) is 0 Å². The van der Waals surface area contributed by atoms with E-state index in [-0.39, 0.29) is 5.56 Å². The molecule has 0 bridgehead atoms. The van der Waals surface area contributed by atoms with Gasteiger partial charge in [-0.05, 0) is 12.1 Å². The second-order valence-electron chi connectivity index (χ2n) is 3.46. The van der Waals surface area contributed by atoms with Crippen LogP contribution in [-0.4, -0.2) is 28.5 Å². The van der Waals surface area contributed by atoms with Gasteiger partial charge in [-0.2, -0.15) is 0 Å². The Kier molecular flexibility index (Phi) is 3.43. The monoisotopic (exact) mass is 239 g/mol. The lowest BCUT2D eigenvalue weighted by molar-refractivity contribution is 0.187. The highest BCUT2D eigenvalue weighted by atomic mass is 19.1. The molecule has 0 unspecified atom stereocenters. The number of halogens is 2. The highest BCUT2D eigenvalue weighted by molar-refractivity contribution is 5.55. The van der Waals surface area contributed by atoms with Crippen molar-refractivity contribution in [1.82, 2.24) is 14.8 Å². The van der Waals surface area contributed by atoms with E-state index >= 15 is 0 Å². The van der Waals surface area contributed by atoms with E-state index in [1.165, 1.54) is 18.5 Å². The number of aromatic nitrogens is 3. The first kappa shape index (κ1) is 11.7. The molecule has 1 heterocycles. The minimum atomic E-state index is -0.656. The van der Waals surface area contributed by atoms with Gasteiger partial charge in [0, 0.05) is 19.7 Å². The molecule has 0 spiro atoms. The predicted octanol–water partition coefficient (Wildman–Crippen LogP) is 1.87. The van der Waals surface area contributed by atoms with E-state index in [4.69, 9.17) is 4.74 Å². The molecular formula is C11H11F2N3O. The largest absolute Gasteiger partial charge is 0.383 e. The Balaban J connectivity index is 2.35. The van der Waals surface area contributed by atoms with Gasteiger partial charge in [0.25, 0.3) is 0 Å². The highest BCUT2D eigenvalue weighted by Crippen LogP contribution is 2.21. The van der Waals surface area contributed by atoms with E-state index in [0.717, 1.165) is 6.07 Å². The molecule has 2 rings (SSSR count). The number of nitrogens with zero attached hydrogens (tertiary/aromatic N) is 3. The van der Waals surface area contributed by atoms with Crippen molar-refractivity contribution in [1.29, 1.82) is 0 Å². The van der Waals surface area contributed by atoms with Gasteiger partial charge in [0.1, 0.15) is 18.0 Å². The zero-order valence-electron chi connectivity index (χ0n) is 9.23. The summed E-state index contributed by atoms with van der Waals surface area (Å²) in [4.78, 5) is 0. The van der Waals surface area contributed by atoms with Crippen molar-refractivity contribution in [3.05, 3.63) is 36.2 Å². The summed E-state index contributed by atoms with van der Waals surface area (Å²) < 4.78 is 32.9. The van der Waals surface area contributed by atoms with Gasteiger partial charge in [0.15, 0.2) is 5.82 Å². The van der Waals surface area contributed by atoms with Gasteiger partial charge in [-0.1, -0.05) is 0 Å². The van der Waals surface area contributed by atoms with E-state index in [9.17, 15) is 8.78 Å². The summed E-state index contributed by atoms with van der Waals surface area (Å²) >= 11 is 0. The molecule has 0 N–H and O–H groups in total. The molecule has 0 aliphatic rings. The van der Waals surface area contributed by atoms with Crippen LogP contribution in [-0.2, 0) is 11.3 Å². The van der Waals surface area contributed by atoms with Crippen LogP contribution in [0, 0.1) is 11.6 Å². The van der Waals surface area contributed by atoms with Crippen LogP contribution < -0.4 is 0 Å².